The standard InChI is InChI=1S/C18H25NO2/c1-3-5-7-18(20)19-11-10-15-13-21-17-9-8-14(6-4-2)12-16(15)17/h8-9,12-13H,3-7,10-11H2,1-2H3,(H,19,20). The fourth-order valence-corrected chi connectivity index (χ4v) is 2.53. The van der Waals surface area contributed by atoms with Gasteiger partial charge in [0.25, 0.3) is 0 Å². The van der Waals surface area contributed by atoms with Crippen molar-refractivity contribution in [3.05, 3.63) is 35.6 Å². The van der Waals surface area contributed by atoms with E-state index in [4.69, 9.17) is 4.42 Å². The summed E-state index contributed by atoms with van der Waals surface area (Å²) in [6.07, 6.45) is 7.52. The molecule has 2 rings (SSSR count). The monoisotopic (exact) mass is 287 g/mol. The summed E-state index contributed by atoms with van der Waals surface area (Å²) in [5.41, 5.74) is 3.46. The van der Waals surface area contributed by atoms with E-state index >= 15 is 0 Å². The Bertz CT molecular complexity index is 586. The summed E-state index contributed by atoms with van der Waals surface area (Å²) in [4.78, 5) is 11.6. The first-order chi connectivity index (χ1) is 10.2. The second kappa shape index (κ2) is 7.87. The zero-order valence-electron chi connectivity index (χ0n) is 13.1. The lowest BCUT2D eigenvalue weighted by Crippen LogP contribution is -2.25. The van der Waals surface area contributed by atoms with Crippen molar-refractivity contribution < 1.29 is 9.21 Å². The van der Waals surface area contributed by atoms with Gasteiger partial charge in [-0.3, -0.25) is 4.79 Å². The molecule has 0 spiro atoms. The van der Waals surface area contributed by atoms with Crippen molar-refractivity contribution in [3.63, 3.8) is 0 Å². The largest absolute Gasteiger partial charge is 0.464 e. The molecule has 2 aromatic rings. The molecule has 0 unspecified atom stereocenters. The quantitative estimate of drug-likeness (QED) is 0.789. The molecule has 0 aliphatic rings. The van der Waals surface area contributed by atoms with Gasteiger partial charge < -0.3 is 9.73 Å². The van der Waals surface area contributed by atoms with Gasteiger partial charge in [0.2, 0.25) is 5.91 Å². The summed E-state index contributed by atoms with van der Waals surface area (Å²) < 4.78 is 5.59. The highest BCUT2D eigenvalue weighted by atomic mass is 16.3. The molecule has 114 valence electrons. The van der Waals surface area contributed by atoms with E-state index in [1.165, 1.54) is 16.5 Å². The highest BCUT2D eigenvalue weighted by Crippen LogP contribution is 2.23. The number of amides is 1. The Kier molecular flexibility index (Phi) is 5.85. The van der Waals surface area contributed by atoms with Gasteiger partial charge in [-0.25, -0.2) is 0 Å². The number of rotatable bonds is 8. The summed E-state index contributed by atoms with van der Waals surface area (Å²) in [5, 5.41) is 4.16. The number of nitrogens with one attached hydrogen (secondary N) is 1. The van der Waals surface area contributed by atoms with Crippen LogP contribution in [0.1, 0.15) is 50.7 Å². The van der Waals surface area contributed by atoms with Gasteiger partial charge in [-0.05, 0) is 42.5 Å². The number of benzene rings is 1. The second-order valence-corrected chi connectivity index (χ2v) is 5.54. The van der Waals surface area contributed by atoms with Gasteiger partial charge in [0.05, 0.1) is 6.26 Å². The molecule has 0 aliphatic heterocycles. The number of fused-ring (bicyclic) bond motifs is 1. The van der Waals surface area contributed by atoms with Crippen LogP contribution in [0.5, 0.6) is 0 Å². The lowest BCUT2D eigenvalue weighted by molar-refractivity contribution is -0.121. The average Bonchev–Trinajstić information content (AvgIpc) is 2.88. The number of unbranched alkanes of at least 4 members (excludes halogenated alkanes) is 1. The van der Waals surface area contributed by atoms with Crippen LogP contribution in [-0.2, 0) is 17.6 Å². The third-order valence-electron chi connectivity index (χ3n) is 3.73. The lowest BCUT2D eigenvalue weighted by Gasteiger charge is -2.04. The predicted octanol–water partition coefficient (Wildman–Crippen LogP) is 4.23. The average molecular weight is 287 g/mol. The predicted molar refractivity (Wildman–Crippen MR) is 86.4 cm³/mol. The smallest absolute Gasteiger partial charge is 0.220 e. The molecule has 1 N–H and O–H groups in total. The van der Waals surface area contributed by atoms with E-state index in [-0.39, 0.29) is 5.91 Å². The Balaban J connectivity index is 1.95. The van der Waals surface area contributed by atoms with Crippen LogP contribution in [-0.4, -0.2) is 12.5 Å². The van der Waals surface area contributed by atoms with Gasteiger partial charge >= 0.3 is 0 Å². The molecule has 1 amide bonds. The minimum absolute atomic E-state index is 0.149. The van der Waals surface area contributed by atoms with Crippen LogP contribution in [0.4, 0.5) is 0 Å². The van der Waals surface area contributed by atoms with E-state index in [0.29, 0.717) is 13.0 Å². The maximum atomic E-state index is 11.6. The van der Waals surface area contributed by atoms with Crippen LogP contribution < -0.4 is 5.32 Å². The van der Waals surface area contributed by atoms with E-state index < -0.39 is 0 Å². The first-order valence-corrected chi connectivity index (χ1v) is 8.00. The molecule has 0 bridgehead atoms. The van der Waals surface area contributed by atoms with E-state index in [2.05, 4.69) is 31.3 Å². The number of furan rings is 1. The van der Waals surface area contributed by atoms with Crippen molar-refractivity contribution in [2.75, 3.05) is 6.54 Å². The molecule has 1 aromatic heterocycles. The molecule has 0 atom stereocenters. The summed E-state index contributed by atoms with van der Waals surface area (Å²) in [6.45, 7) is 4.96. The molecule has 1 heterocycles. The minimum atomic E-state index is 0.149. The summed E-state index contributed by atoms with van der Waals surface area (Å²) in [6, 6.07) is 6.39. The number of aryl methyl sites for hydroxylation is 1. The second-order valence-electron chi connectivity index (χ2n) is 5.54. The van der Waals surface area contributed by atoms with Crippen molar-refractivity contribution in [3.8, 4) is 0 Å². The van der Waals surface area contributed by atoms with Crippen molar-refractivity contribution in [2.45, 2.75) is 52.4 Å². The topological polar surface area (TPSA) is 42.2 Å². The van der Waals surface area contributed by atoms with E-state index in [1.54, 1.807) is 0 Å². The number of carbonyl (C=O) groups excluding carboxylic acids is 1. The normalized spacial score (nSPS) is 11.0. The van der Waals surface area contributed by atoms with E-state index in [0.717, 1.165) is 37.7 Å². The highest BCUT2D eigenvalue weighted by Gasteiger charge is 2.07. The van der Waals surface area contributed by atoms with E-state index in [9.17, 15) is 4.79 Å². The Labute approximate surface area is 126 Å². The van der Waals surface area contributed by atoms with Crippen molar-refractivity contribution in [2.24, 2.45) is 0 Å². The van der Waals surface area contributed by atoms with Gasteiger partial charge in [0.1, 0.15) is 5.58 Å². The van der Waals surface area contributed by atoms with Crippen LogP contribution in [0, 0.1) is 0 Å². The Hall–Kier alpha value is -1.77. The van der Waals surface area contributed by atoms with Gasteiger partial charge in [0.15, 0.2) is 0 Å². The SMILES string of the molecule is CCCCC(=O)NCCc1coc2ccc(CCC)cc12. The summed E-state index contributed by atoms with van der Waals surface area (Å²) in [5.74, 6) is 0.149. The van der Waals surface area contributed by atoms with Crippen molar-refractivity contribution in [1.82, 2.24) is 5.32 Å². The molecule has 3 heteroatoms. The molecule has 21 heavy (non-hydrogen) atoms. The van der Waals surface area contributed by atoms with Crippen LogP contribution in [0.25, 0.3) is 11.0 Å². The number of hydrogen-bond donors (Lipinski definition) is 1. The Morgan fingerprint density at radius 1 is 1.19 bits per heavy atom. The fraction of sp³-hybridized carbons (Fsp3) is 0.500. The van der Waals surface area contributed by atoms with Crippen molar-refractivity contribution in [1.29, 1.82) is 0 Å². The lowest BCUT2D eigenvalue weighted by atomic mass is 10.0. The maximum absolute atomic E-state index is 11.6. The third-order valence-corrected chi connectivity index (χ3v) is 3.73. The molecule has 0 saturated carbocycles. The van der Waals surface area contributed by atoms with Gasteiger partial charge in [0, 0.05) is 18.4 Å². The first kappa shape index (κ1) is 15.6. The Morgan fingerprint density at radius 3 is 2.81 bits per heavy atom. The molecule has 3 nitrogen and oxygen atoms in total. The fourth-order valence-electron chi connectivity index (χ4n) is 2.53. The van der Waals surface area contributed by atoms with Crippen LogP contribution in [0.2, 0.25) is 0 Å². The summed E-state index contributed by atoms with van der Waals surface area (Å²) >= 11 is 0. The molecular weight excluding hydrogens is 262 g/mol. The molecule has 0 aliphatic carbocycles. The number of hydrogen-bond acceptors (Lipinski definition) is 2. The van der Waals surface area contributed by atoms with Gasteiger partial charge in [-0.1, -0.05) is 32.8 Å². The highest BCUT2D eigenvalue weighted by molar-refractivity contribution is 5.82. The van der Waals surface area contributed by atoms with Gasteiger partial charge in [-0.15, -0.1) is 0 Å². The van der Waals surface area contributed by atoms with Crippen molar-refractivity contribution >= 4 is 16.9 Å². The third kappa shape index (κ3) is 4.35. The van der Waals surface area contributed by atoms with Crippen LogP contribution in [0.15, 0.2) is 28.9 Å². The molecule has 0 radical (unpaired) electrons. The number of carbonyl (C=O) groups is 1. The zero-order chi connectivity index (χ0) is 15.1. The van der Waals surface area contributed by atoms with Crippen LogP contribution >= 0.6 is 0 Å². The summed E-state index contributed by atoms with van der Waals surface area (Å²) in [7, 11) is 0. The van der Waals surface area contributed by atoms with Gasteiger partial charge in [-0.2, -0.15) is 0 Å². The Morgan fingerprint density at radius 2 is 2.05 bits per heavy atom. The first-order valence-electron chi connectivity index (χ1n) is 8.00. The minimum Gasteiger partial charge on any atom is -0.464 e. The zero-order valence-corrected chi connectivity index (χ0v) is 13.1. The molecule has 1 aromatic carbocycles. The molecular formula is C18H25NO2. The molecule has 0 fully saturated rings. The van der Waals surface area contributed by atoms with E-state index in [1.807, 2.05) is 12.3 Å². The maximum Gasteiger partial charge on any atom is 0.220 e. The van der Waals surface area contributed by atoms with Crippen LogP contribution in [0.3, 0.4) is 0 Å². The molecule has 0 saturated heterocycles.